The molecule has 1 heterocycles. The molecule has 2 aromatic carbocycles. The Morgan fingerprint density at radius 1 is 1.07 bits per heavy atom. The van der Waals surface area contributed by atoms with Gasteiger partial charge in [0.15, 0.2) is 5.82 Å². The minimum atomic E-state index is -4.84. The number of hydrogen-bond acceptors (Lipinski definition) is 7. The molecule has 1 aromatic heterocycles. The van der Waals surface area contributed by atoms with Crippen molar-refractivity contribution in [1.29, 1.82) is 0 Å². The average molecular weight is 410 g/mol. The number of benzene rings is 2. The van der Waals surface area contributed by atoms with Crippen LogP contribution in [0.25, 0.3) is 22.5 Å². The number of aromatic nitrogens is 4. The van der Waals surface area contributed by atoms with Crippen molar-refractivity contribution in [3.8, 4) is 39.8 Å². The van der Waals surface area contributed by atoms with Crippen LogP contribution < -0.4 is 4.74 Å². The number of phenolic OH excluding ortho intramolecular Hbond substituents is 2. The predicted molar refractivity (Wildman–Crippen MR) is 95.2 cm³/mol. The third-order valence-corrected chi connectivity index (χ3v) is 3.98. The summed E-state index contributed by atoms with van der Waals surface area (Å²) in [5.74, 6) is -0.804. The zero-order valence-electron chi connectivity index (χ0n) is 15.2. The Bertz CT molecular complexity index is 991. The zero-order valence-corrected chi connectivity index (χ0v) is 15.2. The second kappa shape index (κ2) is 8.35. The van der Waals surface area contributed by atoms with Crippen LogP contribution in [0.4, 0.5) is 13.2 Å². The summed E-state index contributed by atoms with van der Waals surface area (Å²) in [7, 11) is 1.56. The molecule has 0 amide bonds. The van der Waals surface area contributed by atoms with Crippen molar-refractivity contribution in [3.63, 3.8) is 0 Å². The fraction of sp³-hybridized carbons (Fsp3) is 0.278. The highest BCUT2D eigenvalue weighted by Gasteiger charge is 2.31. The van der Waals surface area contributed by atoms with Gasteiger partial charge in [-0.15, -0.1) is 18.3 Å². The van der Waals surface area contributed by atoms with Crippen LogP contribution in [-0.4, -0.2) is 50.5 Å². The molecule has 3 rings (SSSR count). The van der Waals surface area contributed by atoms with Gasteiger partial charge in [-0.2, -0.15) is 0 Å². The van der Waals surface area contributed by atoms with Crippen molar-refractivity contribution in [1.82, 2.24) is 20.2 Å². The largest absolute Gasteiger partial charge is 0.573 e. The van der Waals surface area contributed by atoms with Gasteiger partial charge < -0.3 is 19.7 Å². The molecule has 0 aliphatic rings. The van der Waals surface area contributed by atoms with E-state index >= 15 is 0 Å². The van der Waals surface area contributed by atoms with E-state index in [2.05, 4.69) is 20.3 Å². The van der Waals surface area contributed by atoms with E-state index in [-0.39, 0.29) is 34.0 Å². The van der Waals surface area contributed by atoms with Gasteiger partial charge in [0, 0.05) is 31.9 Å². The van der Waals surface area contributed by atoms with Gasteiger partial charge in [0.2, 0.25) is 0 Å². The van der Waals surface area contributed by atoms with Crippen molar-refractivity contribution in [2.75, 3.05) is 13.7 Å². The maximum Gasteiger partial charge on any atom is 0.573 e. The molecular weight excluding hydrogens is 393 g/mol. The Balaban J connectivity index is 2.00. The number of aromatic hydroxyl groups is 2. The number of rotatable bonds is 7. The molecular formula is C18H17F3N4O4. The van der Waals surface area contributed by atoms with Crippen molar-refractivity contribution in [3.05, 3.63) is 36.4 Å². The average Bonchev–Trinajstić information content (AvgIpc) is 3.09. The molecule has 0 unspecified atom stereocenters. The number of hydrogen-bond donors (Lipinski definition) is 2. The molecule has 29 heavy (non-hydrogen) atoms. The predicted octanol–water partition coefficient (Wildman–Crippen LogP) is 3.35. The number of methoxy groups -OCH3 is 1. The fourth-order valence-corrected chi connectivity index (χ4v) is 2.76. The molecule has 0 aliphatic carbocycles. The summed E-state index contributed by atoms with van der Waals surface area (Å²) in [6.07, 6.45) is -4.22. The maximum absolute atomic E-state index is 12.5. The number of tetrazole rings is 1. The van der Waals surface area contributed by atoms with Crippen molar-refractivity contribution in [2.24, 2.45) is 0 Å². The van der Waals surface area contributed by atoms with Gasteiger partial charge in [-0.05, 0) is 40.6 Å². The van der Waals surface area contributed by atoms with E-state index in [1.165, 1.54) is 22.9 Å². The van der Waals surface area contributed by atoms with E-state index in [9.17, 15) is 23.4 Å². The fourth-order valence-electron chi connectivity index (χ4n) is 2.76. The van der Waals surface area contributed by atoms with Gasteiger partial charge in [0.25, 0.3) is 0 Å². The van der Waals surface area contributed by atoms with Crippen LogP contribution in [0.5, 0.6) is 17.2 Å². The summed E-state index contributed by atoms with van der Waals surface area (Å²) in [4.78, 5) is 0. The first-order chi connectivity index (χ1) is 13.8. The molecule has 0 atom stereocenters. The lowest BCUT2D eigenvalue weighted by Gasteiger charge is -2.13. The number of nitrogens with zero attached hydrogens (tertiary/aromatic N) is 4. The van der Waals surface area contributed by atoms with Crippen molar-refractivity contribution >= 4 is 0 Å². The van der Waals surface area contributed by atoms with Crippen LogP contribution in [0, 0.1) is 0 Å². The number of ether oxygens (including phenoxy) is 2. The number of alkyl halides is 3. The number of aryl methyl sites for hydroxylation is 1. The monoisotopic (exact) mass is 410 g/mol. The van der Waals surface area contributed by atoms with Gasteiger partial charge in [-0.25, -0.2) is 4.68 Å². The normalized spacial score (nSPS) is 11.6. The molecule has 2 N–H and O–H groups in total. The summed E-state index contributed by atoms with van der Waals surface area (Å²) in [5, 5.41) is 31.9. The lowest BCUT2D eigenvalue weighted by Crippen LogP contribution is -2.17. The minimum Gasteiger partial charge on any atom is -0.507 e. The first-order valence-corrected chi connectivity index (χ1v) is 8.46. The van der Waals surface area contributed by atoms with Crippen LogP contribution in [-0.2, 0) is 11.3 Å². The van der Waals surface area contributed by atoms with Crippen LogP contribution in [0.2, 0.25) is 0 Å². The third-order valence-electron chi connectivity index (χ3n) is 3.98. The van der Waals surface area contributed by atoms with Crippen LogP contribution in [0.1, 0.15) is 6.42 Å². The quantitative estimate of drug-likeness (QED) is 0.576. The highest BCUT2D eigenvalue weighted by Crippen LogP contribution is 2.40. The number of phenols is 2. The summed E-state index contributed by atoms with van der Waals surface area (Å²) in [5.41, 5.74) is 0.642. The van der Waals surface area contributed by atoms with Gasteiger partial charge in [0.05, 0.1) is 5.56 Å². The summed E-state index contributed by atoms with van der Waals surface area (Å²) in [6, 6.07) is 7.61. The van der Waals surface area contributed by atoms with Crippen molar-refractivity contribution in [2.45, 2.75) is 19.3 Å². The van der Waals surface area contributed by atoms with Crippen molar-refractivity contribution < 1.29 is 32.9 Å². The lowest BCUT2D eigenvalue weighted by molar-refractivity contribution is -0.274. The van der Waals surface area contributed by atoms with E-state index in [0.717, 1.165) is 18.2 Å². The molecule has 3 aromatic rings. The molecule has 154 valence electrons. The Kier molecular flexibility index (Phi) is 5.87. The molecule has 0 bridgehead atoms. The molecule has 11 heteroatoms. The lowest BCUT2D eigenvalue weighted by atomic mass is 10.0. The molecule has 0 saturated carbocycles. The van der Waals surface area contributed by atoms with E-state index < -0.39 is 12.1 Å². The van der Waals surface area contributed by atoms with Crippen LogP contribution in [0.3, 0.4) is 0 Å². The second-order valence-electron chi connectivity index (χ2n) is 6.03. The maximum atomic E-state index is 12.5. The molecule has 0 saturated heterocycles. The Morgan fingerprint density at radius 3 is 2.55 bits per heavy atom. The standard InChI is InChI=1S/C18H17F3N4O4/c1-28-7-3-6-25-17(22-23-24-25)14-9-13(15(26)10-16(14)27)11-4-2-5-12(8-11)29-18(19,20)21/h2,4-5,8-10,26-27H,3,6-7H2,1H3. The SMILES string of the molecule is COCCCn1nnnc1-c1cc(-c2cccc(OC(F)(F)F)c2)c(O)cc1O. The Morgan fingerprint density at radius 2 is 1.83 bits per heavy atom. The van der Waals surface area contributed by atoms with Gasteiger partial charge in [0.1, 0.15) is 17.2 Å². The second-order valence-corrected chi connectivity index (χ2v) is 6.03. The highest BCUT2D eigenvalue weighted by molar-refractivity contribution is 5.79. The number of halogens is 3. The first kappa shape index (κ1) is 20.4. The molecule has 0 spiro atoms. The minimum absolute atomic E-state index is 0.178. The van der Waals surface area contributed by atoms with Crippen LogP contribution in [0.15, 0.2) is 36.4 Å². The highest BCUT2D eigenvalue weighted by atomic mass is 19.4. The summed E-state index contributed by atoms with van der Waals surface area (Å²) < 4.78 is 47.8. The first-order valence-electron chi connectivity index (χ1n) is 8.46. The third kappa shape index (κ3) is 4.93. The zero-order chi connectivity index (χ0) is 21.0. The summed E-state index contributed by atoms with van der Waals surface area (Å²) >= 11 is 0. The van der Waals surface area contributed by atoms with E-state index in [0.29, 0.717) is 19.6 Å². The Hall–Kier alpha value is -3.34. The van der Waals surface area contributed by atoms with Gasteiger partial charge in [-0.3, -0.25) is 0 Å². The van der Waals surface area contributed by atoms with Gasteiger partial charge in [-0.1, -0.05) is 12.1 Å². The van der Waals surface area contributed by atoms with Gasteiger partial charge >= 0.3 is 6.36 Å². The van der Waals surface area contributed by atoms with Crippen LogP contribution >= 0.6 is 0 Å². The molecule has 0 aliphatic heterocycles. The topological polar surface area (TPSA) is 103 Å². The Labute approximate surface area is 163 Å². The smallest absolute Gasteiger partial charge is 0.507 e. The van der Waals surface area contributed by atoms with E-state index in [4.69, 9.17) is 4.74 Å². The molecule has 0 fully saturated rings. The molecule has 8 nitrogen and oxygen atoms in total. The van der Waals surface area contributed by atoms with E-state index in [1.807, 2.05) is 0 Å². The van der Waals surface area contributed by atoms with E-state index in [1.54, 1.807) is 7.11 Å². The molecule has 0 radical (unpaired) electrons. The summed E-state index contributed by atoms with van der Waals surface area (Å²) in [6.45, 7) is 0.902.